The summed E-state index contributed by atoms with van der Waals surface area (Å²) in [6.45, 7) is 3.08. The molecule has 104 valence electrons. The molecular weight excluding hydrogens is 242 g/mol. The summed E-state index contributed by atoms with van der Waals surface area (Å²) in [5.74, 6) is 0. The molecule has 2 N–H and O–H groups in total. The van der Waals surface area contributed by atoms with Crippen molar-refractivity contribution in [3.05, 3.63) is 24.3 Å². The Morgan fingerprint density at radius 1 is 1.21 bits per heavy atom. The Hall–Kier alpha value is -1.75. The molecule has 0 bridgehead atoms. The molecular formula is C14H21N3O2. The fourth-order valence-electron chi connectivity index (χ4n) is 2.23. The van der Waals surface area contributed by atoms with Gasteiger partial charge in [0, 0.05) is 44.7 Å². The number of ether oxygens (including phenoxy) is 1. The Morgan fingerprint density at radius 2 is 1.95 bits per heavy atom. The smallest absolute Gasteiger partial charge is 0.324 e. The van der Waals surface area contributed by atoms with Gasteiger partial charge in [-0.05, 0) is 37.1 Å². The van der Waals surface area contributed by atoms with E-state index in [9.17, 15) is 4.79 Å². The SMILES string of the molecule is COCCCCN1CCN(c2ccc(N)cc2)C1=O. The third-order valence-corrected chi connectivity index (χ3v) is 3.33. The predicted molar refractivity (Wildman–Crippen MR) is 76.3 cm³/mol. The number of anilines is 2. The summed E-state index contributed by atoms with van der Waals surface area (Å²) in [6.07, 6.45) is 1.97. The highest BCUT2D eigenvalue weighted by Gasteiger charge is 2.28. The van der Waals surface area contributed by atoms with Crippen LogP contribution in [0.5, 0.6) is 0 Å². The van der Waals surface area contributed by atoms with Gasteiger partial charge in [-0.25, -0.2) is 4.79 Å². The Morgan fingerprint density at radius 3 is 2.63 bits per heavy atom. The van der Waals surface area contributed by atoms with Gasteiger partial charge in [-0.3, -0.25) is 4.90 Å². The van der Waals surface area contributed by atoms with E-state index in [1.54, 1.807) is 12.0 Å². The van der Waals surface area contributed by atoms with Crippen molar-refractivity contribution in [1.82, 2.24) is 4.90 Å². The van der Waals surface area contributed by atoms with Gasteiger partial charge in [0.05, 0.1) is 0 Å². The molecule has 5 nitrogen and oxygen atoms in total. The van der Waals surface area contributed by atoms with E-state index in [0.717, 1.165) is 44.8 Å². The molecule has 1 aliphatic heterocycles. The predicted octanol–water partition coefficient (Wildman–Crippen LogP) is 1.94. The number of nitrogens with two attached hydrogens (primary N) is 1. The maximum atomic E-state index is 12.2. The fourth-order valence-corrected chi connectivity index (χ4v) is 2.23. The van der Waals surface area contributed by atoms with Gasteiger partial charge >= 0.3 is 6.03 Å². The van der Waals surface area contributed by atoms with Crippen LogP contribution in [0.1, 0.15) is 12.8 Å². The summed E-state index contributed by atoms with van der Waals surface area (Å²) >= 11 is 0. The highest BCUT2D eigenvalue weighted by Crippen LogP contribution is 2.21. The highest BCUT2D eigenvalue weighted by molar-refractivity contribution is 5.94. The van der Waals surface area contributed by atoms with Gasteiger partial charge in [0.1, 0.15) is 0 Å². The second kappa shape index (κ2) is 6.43. The van der Waals surface area contributed by atoms with E-state index < -0.39 is 0 Å². The van der Waals surface area contributed by atoms with Crippen molar-refractivity contribution in [3.63, 3.8) is 0 Å². The lowest BCUT2D eigenvalue weighted by Crippen LogP contribution is -2.32. The van der Waals surface area contributed by atoms with Gasteiger partial charge in [-0.2, -0.15) is 0 Å². The van der Waals surface area contributed by atoms with Crippen molar-refractivity contribution in [2.24, 2.45) is 0 Å². The van der Waals surface area contributed by atoms with Gasteiger partial charge < -0.3 is 15.4 Å². The van der Waals surface area contributed by atoms with Crippen LogP contribution < -0.4 is 10.6 Å². The number of hydrogen-bond acceptors (Lipinski definition) is 3. The molecule has 0 aliphatic carbocycles. The minimum atomic E-state index is 0.0854. The first-order valence-corrected chi connectivity index (χ1v) is 6.63. The molecule has 1 saturated heterocycles. The molecule has 1 heterocycles. The van der Waals surface area contributed by atoms with Gasteiger partial charge in [0.15, 0.2) is 0 Å². The first-order chi connectivity index (χ1) is 9.22. The molecule has 0 unspecified atom stereocenters. The van der Waals surface area contributed by atoms with Crippen LogP contribution in [0.15, 0.2) is 24.3 Å². The third-order valence-electron chi connectivity index (χ3n) is 3.33. The molecule has 0 radical (unpaired) electrons. The average Bonchev–Trinajstić information content (AvgIpc) is 2.77. The minimum absolute atomic E-state index is 0.0854. The second-order valence-electron chi connectivity index (χ2n) is 4.71. The molecule has 1 aliphatic rings. The zero-order chi connectivity index (χ0) is 13.7. The van der Waals surface area contributed by atoms with Crippen LogP contribution in [0.3, 0.4) is 0 Å². The molecule has 0 atom stereocenters. The summed E-state index contributed by atoms with van der Waals surface area (Å²) < 4.78 is 5.01. The number of unbranched alkanes of at least 4 members (excludes halogenated alkanes) is 1. The summed E-state index contributed by atoms with van der Waals surface area (Å²) in [6, 6.07) is 7.51. The number of nitrogen functional groups attached to an aromatic ring is 1. The van der Waals surface area contributed by atoms with Crippen LogP contribution in [0, 0.1) is 0 Å². The Labute approximate surface area is 113 Å². The van der Waals surface area contributed by atoms with Crippen molar-refractivity contribution in [2.75, 3.05) is 44.0 Å². The van der Waals surface area contributed by atoms with Crippen LogP contribution in [0.2, 0.25) is 0 Å². The van der Waals surface area contributed by atoms with Crippen molar-refractivity contribution < 1.29 is 9.53 Å². The highest BCUT2D eigenvalue weighted by atomic mass is 16.5. The largest absolute Gasteiger partial charge is 0.399 e. The minimum Gasteiger partial charge on any atom is -0.399 e. The van der Waals surface area contributed by atoms with Gasteiger partial charge in [0.25, 0.3) is 0 Å². The average molecular weight is 263 g/mol. The van der Waals surface area contributed by atoms with E-state index in [2.05, 4.69) is 0 Å². The lowest BCUT2D eigenvalue weighted by atomic mass is 10.2. The number of carbonyl (C=O) groups is 1. The van der Waals surface area contributed by atoms with E-state index in [4.69, 9.17) is 10.5 Å². The third kappa shape index (κ3) is 3.38. The first-order valence-electron chi connectivity index (χ1n) is 6.63. The normalized spacial score (nSPS) is 15.3. The standard InChI is InChI=1S/C14H21N3O2/c1-19-11-3-2-8-16-9-10-17(14(16)18)13-6-4-12(15)5-7-13/h4-7H,2-3,8-11,15H2,1H3. The number of amides is 2. The van der Waals surface area contributed by atoms with E-state index >= 15 is 0 Å². The van der Waals surface area contributed by atoms with Crippen molar-refractivity contribution in [3.8, 4) is 0 Å². The lowest BCUT2D eigenvalue weighted by molar-refractivity contribution is 0.186. The van der Waals surface area contributed by atoms with Crippen molar-refractivity contribution >= 4 is 17.4 Å². The first kappa shape index (κ1) is 13.7. The Bertz CT molecular complexity index is 419. The van der Waals surface area contributed by atoms with Crippen LogP contribution in [0.25, 0.3) is 0 Å². The molecule has 1 aromatic rings. The van der Waals surface area contributed by atoms with E-state index in [1.807, 2.05) is 29.2 Å². The monoisotopic (exact) mass is 263 g/mol. The molecule has 1 fully saturated rings. The van der Waals surface area contributed by atoms with Crippen molar-refractivity contribution in [1.29, 1.82) is 0 Å². The number of rotatable bonds is 6. The summed E-state index contributed by atoms with van der Waals surface area (Å²) in [4.78, 5) is 15.9. The summed E-state index contributed by atoms with van der Waals surface area (Å²) in [5.41, 5.74) is 7.29. The zero-order valence-electron chi connectivity index (χ0n) is 11.3. The van der Waals surface area contributed by atoms with E-state index in [-0.39, 0.29) is 6.03 Å². The number of carbonyl (C=O) groups excluding carboxylic acids is 1. The van der Waals surface area contributed by atoms with Crippen LogP contribution in [-0.4, -0.2) is 44.3 Å². The molecule has 2 rings (SSSR count). The molecule has 19 heavy (non-hydrogen) atoms. The van der Waals surface area contributed by atoms with Gasteiger partial charge in [-0.15, -0.1) is 0 Å². The van der Waals surface area contributed by atoms with E-state index in [0.29, 0.717) is 5.69 Å². The topological polar surface area (TPSA) is 58.8 Å². The number of urea groups is 1. The van der Waals surface area contributed by atoms with Crippen LogP contribution in [0.4, 0.5) is 16.2 Å². The second-order valence-corrected chi connectivity index (χ2v) is 4.71. The van der Waals surface area contributed by atoms with Crippen molar-refractivity contribution in [2.45, 2.75) is 12.8 Å². The quantitative estimate of drug-likeness (QED) is 0.630. The number of methoxy groups -OCH3 is 1. The summed E-state index contributed by atoms with van der Waals surface area (Å²) in [5, 5.41) is 0. The fraction of sp³-hybridized carbons (Fsp3) is 0.500. The van der Waals surface area contributed by atoms with Crippen LogP contribution in [-0.2, 0) is 4.74 Å². The Kier molecular flexibility index (Phi) is 4.63. The molecule has 0 aromatic heterocycles. The zero-order valence-corrected chi connectivity index (χ0v) is 11.3. The molecule has 5 heteroatoms. The summed E-state index contributed by atoms with van der Waals surface area (Å²) in [7, 11) is 1.70. The number of nitrogens with zero attached hydrogens (tertiary/aromatic N) is 2. The molecule has 1 aromatic carbocycles. The molecule has 2 amide bonds. The number of hydrogen-bond donors (Lipinski definition) is 1. The Balaban J connectivity index is 1.88. The number of benzene rings is 1. The lowest BCUT2D eigenvalue weighted by Gasteiger charge is -2.18. The van der Waals surface area contributed by atoms with E-state index in [1.165, 1.54) is 0 Å². The van der Waals surface area contributed by atoms with Gasteiger partial charge in [-0.1, -0.05) is 0 Å². The molecule has 0 spiro atoms. The maximum Gasteiger partial charge on any atom is 0.324 e. The maximum absolute atomic E-state index is 12.2. The van der Waals surface area contributed by atoms with Gasteiger partial charge in [0.2, 0.25) is 0 Å². The molecule has 0 saturated carbocycles. The van der Waals surface area contributed by atoms with Crippen LogP contribution >= 0.6 is 0 Å².